The van der Waals surface area contributed by atoms with Crippen LogP contribution in [0.5, 0.6) is 0 Å². The quantitative estimate of drug-likeness (QED) is 0.774. The zero-order chi connectivity index (χ0) is 8.97. The Hall–Kier alpha value is 0.240. The Kier molecular flexibility index (Phi) is 4.36. The lowest BCUT2D eigenvalue weighted by Crippen LogP contribution is -2.17. The largest absolute Gasteiger partial charge is 0.373 e. The van der Waals surface area contributed by atoms with Crippen molar-refractivity contribution in [2.24, 2.45) is 5.73 Å². The van der Waals surface area contributed by atoms with Crippen molar-refractivity contribution in [3.63, 3.8) is 0 Å². The Balaban J connectivity index is 2.16. The van der Waals surface area contributed by atoms with Crippen LogP contribution in [0.1, 0.15) is 19.3 Å². The molecule has 0 bridgehead atoms. The second-order valence-electron chi connectivity index (χ2n) is 3.06. The molecule has 2 atom stereocenters. The van der Waals surface area contributed by atoms with Crippen LogP contribution in [0.3, 0.4) is 0 Å². The second kappa shape index (κ2) is 5.07. The van der Waals surface area contributed by atoms with Gasteiger partial charge in [0.05, 0.1) is 17.7 Å². The van der Waals surface area contributed by atoms with E-state index in [1.165, 1.54) is 5.54 Å². The molecule has 0 heterocycles. The molecule has 4 heteroatoms. The highest BCUT2D eigenvalue weighted by molar-refractivity contribution is 6.36. The summed E-state index contributed by atoms with van der Waals surface area (Å²) in [5.41, 5.74) is 7.04. The second-order valence-corrected chi connectivity index (χ2v) is 3.77. The van der Waals surface area contributed by atoms with Crippen LogP contribution >= 0.6 is 23.2 Å². The number of hydrogen-bond donors (Lipinski definition) is 1. The first kappa shape index (κ1) is 10.3. The Morgan fingerprint density at radius 2 is 2.33 bits per heavy atom. The minimum Gasteiger partial charge on any atom is -0.373 e. The highest BCUT2D eigenvalue weighted by Gasteiger charge is 2.21. The van der Waals surface area contributed by atoms with Gasteiger partial charge >= 0.3 is 0 Å². The molecule has 1 rings (SSSR count). The molecule has 1 fully saturated rings. The Labute approximate surface area is 82.7 Å². The molecule has 0 aromatic heterocycles. The summed E-state index contributed by atoms with van der Waals surface area (Å²) in [6.45, 7) is 0.405. The number of ether oxygens (including phenoxy) is 1. The molecule has 1 aliphatic carbocycles. The monoisotopic (exact) mass is 209 g/mol. The topological polar surface area (TPSA) is 35.2 Å². The molecule has 0 aliphatic heterocycles. The molecule has 0 aromatic rings. The van der Waals surface area contributed by atoms with E-state index in [4.69, 9.17) is 33.7 Å². The summed E-state index contributed by atoms with van der Waals surface area (Å²) in [4.78, 5) is 0. The molecule has 12 heavy (non-hydrogen) atoms. The lowest BCUT2D eigenvalue weighted by molar-refractivity contribution is 0.0773. The fourth-order valence-corrected chi connectivity index (χ4v) is 1.48. The van der Waals surface area contributed by atoms with Gasteiger partial charge in [0.2, 0.25) is 0 Å². The number of nitrogens with two attached hydrogens (primary N) is 1. The third kappa shape index (κ3) is 3.31. The molecule has 0 radical (unpaired) electrons. The average molecular weight is 210 g/mol. The molecule has 2 unspecified atom stereocenters. The summed E-state index contributed by atoms with van der Waals surface area (Å²) in [5, 5.41) is 0.539. The van der Waals surface area contributed by atoms with Crippen LogP contribution in [0.15, 0.2) is 10.6 Å². The van der Waals surface area contributed by atoms with Crippen LogP contribution in [0.25, 0.3) is 0 Å². The molecule has 70 valence electrons. The maximum atomic E-state index is 5.71. The lowest BCUT2D eigenvalue weighted by Gasteiger charge is -2.09. The third-order valence-corrected chi connectivity index (χ3v) is 2.59. The Morgan fingerprint density at radius 1 is 1.58 bits per heavy atom. The summed E-state index contributed by atoms with van der Waals surface area (Å²) in [5.74, 6) is 0. The molecule has 0 spiro atoms. The van der Waals surface area contributed by atoms with Crippen molar-refractivity contribution in [1.82, 2.24) is 0 Å². The highest BCUT2D eigenvalue weighted by atomic mass is 35.5. The molecule has 1 saturated carbocycles. The van der Waals surface area contributed by atoms with E-state index in [0.717, 1.165) is 19.3 Å². The molecule has 2 N–H and O–H groups in total. The van der Waals surface area contributed by atoms with Crippen LogP contribution in [-0.2, 0) is 4.74 Å². The number of rotatable bonds is 3. The van der Waals surface area contributed by atoms with Crippen molar-refractivity contribution in [2.45, 2.75) is 31.4 Å². The summed E-state index contributed by atoms with van der Waals surface area (Å²) in [6, 6.07) is 0.300. The van der Waals surface area contributed by atoms with Gasteiger partial charge in [-0.2, -0.15) is 0 Å². The molecule has 0 amide bonds. The normalized spacial score (nSPS) is 31.1. The summed E-state index contributed by atoms with van der Waals surface area (Å²) >= 11 is 11.0. The predicted molar refractivity (Wildman–Crippen MR) is 51.4 cm³/mol. The van der Waals surface area contributed by atoms with Crippen molar-refractivity contribution in [3.8, 4) is 0 Å². The minimum atomic E-state index is 0.269. The third-order valence-electron chi connectivity index (χ3n) is 2.00. The van der Waals surface area contributed by atoms with Gasteiger partial charge in [-0.3, -0.25) is 0 Å². The van der Waals surface area contributed by atoms with E-state index in [2.05, 4.69) is 0 Å². The molecular formula is C8H13Cl2NO. The van der Waals surface area contributed by atoms with Crippen molar-refractivity contribution in [1.29, 1.82) is 0 Å². The van der Waals surface area contributed by atoms with Crippen LogP contribution in [0, 0.1) is 0 Å². The van der Waals surface area contributed by atoms with E-state index in [9.17, 15) is 0 Å². The first-order valence-electron chi connectivity index (χ1n) is 4.04. The zero-order valence-electron chi connectivity index (χ0n) is 6.80. The molecule has 0 saturated heterocycles. The maximum Gasteiger partial charge on any atom is 0.0835 e. The summed E-state index contributed by atoms with van der Waals surface area (Å²) < 4.78 is 5.46. The van der Waals surface area contributed by atoms with Gasteiger partial charge in [0.1, 0.15) is 0 Å². The van der Waals surface area contributed by atoms with E-state index in [0.29, 0.717) is 17.7 Å². The maximum absolute atomic E-state index is 5.71. The summed E-state index contributed by atoms with van der Waals surface area (Å²) in [7, 11) is 0. The van der Waals surface area contributed by atoms with Gasteiger partial charge < -0.3 is 10.5 Å². The van der Waals surface area contributed by atoms with Gasteiger partial charge in [0.15, 0.2) is 0 Å². The zero-order valence-corrected chi connectivity index (χ0v) is 8.31. The van der Waals surface area contributed by atoms with Gasteiger partial charge in [-0.1, -0.05) is 23.2 Å². The molecular weight excluding hydrogens is 197 g/mol. The Morgan fingerprint density at radius 3 is 2.83 bits per heavy atom. The fourth-order valence-electron chi connectivity index (χ4n) is 1.35. The molecule has 2 nitrogen and oxygen atoms in total. The van der Waals surface area contributed by atoms with Gasteiger partial charge in [-0.05, 0) is 19.3 Å². The molecule has 0 aromatic carbocycles. The van der Waals surface area contributed by atoms with Crippen LogP contribution < -0.4 is 5.73 Å². The smallest absolute Gasteiger partial charge is 0.0835 e. The first-order chi connectivity index (χ1) is 5.72. The first-order valence-corrected chi connectivity index (χ1v) is 4.85. The van der Waals surface area contributed by atoms with Crippen molar-refractivity contribution in [3.05, 3.63) is 10.6 Å². The lowest BCUT2D eigenvalue weighted by atomic mass is 10.3. The van der Waals surface area contributed by atoms with E-state index >= 15 is 0 Å². The van der Waals surface area contributed by atoms with Crippen LogP contribution in [-0.4, -0.2) is 18.8 Å². The van der Waals surface area contributed by atoms with Crippen LogP contribution in [0.4, 0.5) is 0 Å². The molecule has 1 aliphatic rings. The minimum absolute atomic E-state index is 0.269. The standard InChI is InChI=1S/C8H13Cl2NO/c9-4-6(10)5-12-8-2-1-7(11)3-8/h4,7-8H,1-3,5,11H2. The van der Waals surface area contributed by atoms with Crippen molar-refractivity contribution in [2.75, 3.05) is 6.61 Å². The number of hydrogen-bond acceptors (Lipinski definition) is 2. The van der Waals surface area contributed by atoms with E-state index in [1.54, 1.807) is 0 Å². The summed E-state index contributed by atoms with van der Waals surface area (Å²) in [6.07, 6.45) is 3.29. The van der Waals surface area contributed by atoms with Crippen LogP contribution in [0.2, 0.25) is 0 Å². The predicted octanol–water partition coefficient (Wildman–Crippen LogP) is 2.20. The van der Waals surface area contributed by atoms with Gasteiger partial charge in [0.25, 0.3) is 0 Å². The van der Waals surface area contributed by atoms with Gasteiger partial charge in [-0.25, -0.2) is 0 Å². The average Bonchev–Trinajstić information content (AvgIpc) is 2.47. The van der Waals surface area contributed by atoms with Crippen molar-refractivity contribution >= 4 is 23.2 Å². The van der Waals surface area contributed by atoms with E-state index in [-0.39, 0.29) is 6.10 Å². The van der Waals surface area contributed by atoms with E-state index < -0.39 is 0 Å². The Bertz CT molecular complexity index is 172. The fraction of sp³-hybridized carbons (Fsp3) is 0.750. The number of halogens is 2. The SMILES string of the molecule is NC1CCC(OCC(Cl)=CCl)C1. The van der Waals surface area contributed by atoms with E-state index in [1.807, 2.05) is 0 Å². The highest BCUT2D eigenvalue weighted by Crippen LogP contribution is 2.21. The van der Waals surface area contributed by atoms with Crippen molar-refractivity contribution < 1.29 is 4.74 Å². The van der Waals surface area contributed by atoms with Gasteiger partial charge in [0, 0.05) is 11.6 Å². The van der Waals surface area contributed by atoms with Gasteiger partial charge in [-0.15, -0.1) is 0 Å².